The minimum Gasteiger partial charge on any atom is -0.377 e. The number of amides is 1. The van der Waals surface area contributed by atoms with Gasteiger partial charge in [0.15, 0.2) is 0 Å². The lowest BCUT2D eigenvalue weighted by Crippen LogP contribution is -2.44. The van der Waals surface area contributed by atoms with Crippen LogP contribution in [0.3, 0.4) is 0 Å². The highest BCUT2D eigenvalue weighted by molar-refractivity contribution is 5.79. The van der Waals surface area contributed by atoms with Gasteiger partial charge in [0.05, 0.1) is 25.7 Å². The largest absolute Gasteiger partial charge is 0.377 e. The van der Waals surface area contributed by atoms with E-state index in [4.69, 9.17) is 4.74 Å². The fraction of sp³-hybridized carbons (Fsp3) is 0.412. The summed E-state index contributed by atoms with van der Waals surface area (Å²) in [6, 6.07) is 7.94. The molecule has 0 aliphatic carbocycles. The summed E-state index contributed by atoms with van der Waals surface area (Å²) in [4.78, 5) is 18.9. The fourth-order valence-electron chi connectivity index (χ4n) is 2.85. The lowest BCUT2D eigenvalue weighted by atomic mass is 10.1. The average molecular weight is 299 g/mol. The van der Waals surface area contributed by atoms with Crippen molar-refractivity contribution in [3.8, 4) is 0 Å². The van der Waals surface area contributed by atoms with E-state index in [1.165, 1.54) is 0 Å². The van der Waals surface area contributed by atoms with Crippen LogP contribution in [0.15, 0.2) is 36.7 Å². The number of aromatic nitrogens is 2. The van der Waals surface area contributed by atoms with Gasteiger partial charge < -0.3 is 14.2 Å². The van der Waals surface area contributed by atoms with Gasteiger partial charge in [-0.1, -0.05) is 6.07 Å². The predicted molar refractivity (Wildman–Crippen MR) is 83.4 cm³/mol. The molecule has 1 fully saturated rings. The lowest BCUT2D eigenvalue weighted by molar-refractivity contribution is -0.139. The number of hydrogen-bond acceptors (Lipinski definition) is 3. The molecule has 0 bridgehead atoms. The highest BCUT2D eigenvalue weighted by atomic mass is 16.5. The Morgan fingerprint density at radius 1 is 1.41 bits per heavy atom. The van der Waals surface area contributed by atoms with Gasteiger partial charge in [-0.2, -0.15) is 0 Å². The van der Waals surface area contributed by atoms with E-state index in [0.29, 0.717) is 26.2 Å². The normalized spacial score (nSPS) is 18.5. The van der Waals surface area contributed by atoms with Crippen molar-refractivity contribution in [2.24, 2.45) is 7.05 Å². The quantitative estimate of drug-likeness (QED) is 0.869. The molecule has 22 heavy (non-hydrogen) atoms. The zero-order valence-corrected chi connectivity index (χ0v) is 13.0. The summed E-state index contributed by atoms with van der Waals surface area (Å²) in [6.45, 7) is 3.72. The van der Waals surface area contributed by atoms with Gasteiger partial charge >= 0.3 is 0 Å². The van der Waals surface area contributed by atoms with Crippen LogP contribution in [0.2, 0.25) is 0 Å². The van der Waals surface area contributed by atoms with Gasteiger partial charge in [0.25, 0.3) is 0 Å². The maximum atomic E-state index is 12.7. The molecular formula is C17H21N3O2. The molecule has 0 N–H and O–H groups in total. The van der Waals surface area contributed by atoms with E-state index in [1.54, 1.807) is 6.20 Å². The Bertz CT molecular complexity index is 648. The van der Waals surface area contributed by atoms with Gasteiger partial charge in [-0.15, -0.1) is 0 Å². The molecule has 1 saturated heterocycles. The number of carbonyl (C=O) groups is 1. The number of aryl methyl sites for hydroxylation is 2. The molecule has 116 valence electrons. The zero-order valence-electron chi connectivity index (χ0n) is 13.0. The molecule has 0 aromatic carbocycles. The maximum Gasteiger partial charge on any atom is 0.227 e. The average Bonchev–Trinajstić information content (AvgIpc) is 2.95. The molecule has 1 aliphatic rings. The summed E-state index contributed by atoms with van der Waals surface area (Å²) in [7, 11) is 2.00. The van der Waals surface area contributed by atoms with Gasteiger partial charge in [0.1, 0.15) is 0 Å². The molecule has 1 atom stereocenters. The molecule has 0 radical (unpaired) electrons. The highest BCUT2D eigenvalue weighted by Gasteiger charge is 2.29. The summed E-state index contributed by atoms with van der Waals surface area (Å²) in [5.41, 5.74) is 3.02. The second-order valence-electron chi connectivity index (χ2n) is 5.71. The molecule has 2 aromatic heterocycles. The minimum atomic E-state index is -0.0142. The second-order valence-corrected chi connectivity index (χ2v) is 5.71. The standard InChI is InChI=1S/C17H21N3O2/c1-13-5-6-14(11-18-13)10-17(21)20-8-9-22-12-16(20)15-4-3-7-19(15)2/h3-7,11,16H,8-10,12H2,1-2H3. The molecule has 5 nitrogen and oxygen atoms in total. The zero-order chi connectivity index (χ0) is 15.5. The molecule has 5 heteroatoms. The SMILES string of the molecule is Cc1ccc(CC(=O)N2CCOCC2c2cccn2C)cn1. The van der Waals surface area contributed by atoms with Crippen molar-refractivity contribution in [2.45, 2.75) is 19.4 Å². The molecule has 2 aromatic rings. The summed E-state index contributed by atoms with van der Waals surface area (Å²) in [5.74, 6) is 0.125. The fourth-order valence-corrected chi connectivity index (χ4v) is 2.85. The van der Waals surface area contributed by atoms with E-state index >= 15 is 0 Å². The molecule has 3 rings (SSSR count). The van der Waals surface area contributed by atoms with Gasteiger partial charge in [-0.3, -0.25) is 9.78 Å². The van der Waals surface area contributed by atoms with Crippen molar-refractivity contribution in [3.05, 3.63) is 53.6 Å². The van der Waals surface area contributed by atoms with Gasteiger partial charge in [-0.05, 0) is 30.7 Å². The number of morpholine rings is 1. The first-order valence-corrected chi connectivity index (χ1v) is 7.55. The third-order valence-corrected chi connectivity index (χ3v) is 4.10. The Balaban J connectivity index is 1.77. The van der Waals surface area contributed by atoms with Crippen LogP contribution in [0.1, 0.15) is 23.0 Å². The van der Waals surface area contributed by atoms with Crippen LogP contribution < -0.4 is 0 Å². The molecule has 1 amide bonds. The van der Waals surface area contributed by atoms with Gasteiger partial charge in [0.2, 0.25) is 5.91 Å². The van der Waals surface area contributed by atoms with Crippen LogP contribution >= 0.6 is 0 Å². The van der Waals surface area contributed by atoms with Crippen LogP contribution in [0.5, 0.6) is 0 Å². The first kappa shape index (κ1) is 14.8. The molecule has 0 spiro atoms. The lowest BCUT2D eigenvalue weighted by Gasteiger charge is -2.36. The Hall–Kier alpha value is -2.14. The molecular weight excluding hydrogens is 278 g/mol. The summed E-state index contributed by atoms with van der Waals surface area (Å²) >= 11 is 0. The summed E-state index contributed by atoms with van der Waals surface area (Å²) in [6.07, 6.45) is 4.16. The van der Waals surface area contributed by atoms with Gasteiger partial charge in [-0.25, -0.2) is 0 Å². The van der Waals surface area contributed by atoms with Crippen molar-refractivity contribution in [1.29, 1.82) is 0 Å². The van der Waals surface area contributed by atoms with E-state index in [0.717, 1.165) is 17.0 Å². The number of pyridine rings is 1. The number of hydrogen-bond donors (Lipinski definition) is 0. The Labute approximate surface area is 130 Å². The number of nitrogens with zero attached hydrogens (tertiary/aromatic N) is 3. The van der Waals surface area contributed by atoms with E-state index in [-0.39, 0.29) is 11.9 Å². The number of carbonyl (C=O) groups excluding carboxylic acids is 1. The maximum absolute atomic E-state index is 12.7. The van der Waals surface area contributed by atoms with Crippen molar-refractivity contribution >= 4 is 5.91 Å². The molecule has 0 saturated carbocycles. The Morgan fingerprint density at radius 3 is 2.95 bits per heavy atom. The summed E-state index contributed by atoms with van der Waals surface area (Å²) in [5, 5.41) is 0. The third-order valence-electron chi connectivity index (χ3n) is 4.10. The van der Waals surface area contributed by atoms with Gasteiger partial charge in [0, 0.05) is 37.4 Å². The number of ether oxygens (including phenoxy) is 1. The predicted octanol–water partition coefficient (Wildman–Crippen LogP) is 1.87. The van der Waals surface area contributed by atoms with E-state index < -0.39 is 0 Å². The molecule has 1 unspecified atom stereocenters. The van der Waals surface area contributed by atoms with Crippen LogP contribution in [-0.2, 0) is 23.0 Å². The molecule has 3 heterocycles. The Kier molecular flexibility index (Phi) is 4.24. The van der Waals surface area contributed by atoms with E-state index in [9.17, 15) is 4.79 Å². The molecule has 1 aliphatic heterocycles. The third kappa shape index (κ3) is 3.04. The van der Waals surface area contributed by atoms with Crippen molar-refractivity contribution in [2.75, 3.05) is 19.8 Å². The monoisotopic (exact) mass is 299 g/mol. The second kappa shape index (κ2) is 6.32. The van der Waals surface area contributed by atoms with Crippen LogP contribution in [0.4, 0.5) is 0 Å². The van der Waals surface area contributed by atoms with Crippen LogP contribution in [0.25, 0.3) is 0 Å². The van der Waals surface area contributed by atoms with Crippen LogP contribution in [0, 0.1) is 6.92 Å². The highest BCUT2D eigenvalue weighted by Crippen LogP contribution is 2.25. The van der Waals surface area contributed by atoms with E-state index in [2.05, 4.69) is 4.98 Å². The smallest absolute Gasteiger partial charge is 0.227 e. The minimum absolute atomic E-state index is 0.0142. The summed E-state index contributed by atoms with van der Waals surface area (Å²) < 4.78 is 7.64. The first-order valence-electron chi connectivity index (χ1n) is 7.55. The van der Waals surface area contributed by atoms with E-state index in [1.807, 2.05) is 53.9 Å². The topological polar surface area (TPSA) is 47.4 Å². The first-order chi connectivity index (χ1) is 10.6. The van der Waals surface area contributed by atoms with Crippen molar-refractivity contribution in [3.63, 3.8) is 0 Å². The van der Waals surface area contributed by atoms with Crippen LogP contribution in [-0.4, -0.2) is 40.1 Å². The van der Waals surface area contributed by atoms with Crippen molar-refractivity contribution in [1.82, 2.24) is 14.5 Å². The Morgan fingerprint density at radius 2 is 2.27 bits per heavy atom. The van der Waals surface area contributed by atoms with Crippen molar-refractivity contribution < 1.29 is 9.53 Å². The number of rotatable bonds is 3.